The Labute approximate surface area is 102 Å². The number of carboxylic acids is 1. The highest BCUT2D eigenvalue weighted by molar-refractivity contribution is 5.92. The van der Waals surface area contributed by atoms with Crippen molar-refractivity contribution >= 4 is 5.97 Å². The maximum absolute atomic E-state index is 10.8. The van der Waals surface area contributed by atoms with Gasteiger partial charge in [0.2, 0.25) is 0 Å². The van der Waals surface area contributed by atoms with E-state index in [1.165, 1.54) is 0 Å². The zero-order valence-corrected chi connectivity index (χ0v) is 10.4. The van der Waals surface area contributed by atoms with E-state index < -0.39 is 11.5 Å². The summed E-state index contributed by atoms with van der Waals surface area (Å²) in [5.74, 6) is -1.03. The molecule has 17 heavy (non-hydrogen) atoms. The van der Waals surface area contributed by atoms with Gasteiger partial charge < -0.3 is 5.11 Å². The molecule has 0 aliphatic carbocycles. The smallest absolute Gasteiger partial charge is 0.347 e. The molecule has 1 unspecified atom stereocenters. The first-order chi connectivity index (χ1) is 8.10. The minimum absolute atomic E-state index is 0.1000. The van der Waals surface area contributed by atoms with Crippen LogP contribution in [-0.2, 0) is 4.79 Å². The van der Waals surface area contributed by atoms with Gasteiger partial charge in [-0.15, -0.1) is 0 Å². The van der Waals surface area contributed by atoms with Crippen LogP contribution in [0.4, 0.5) is 0 Å². The summed E-state index contributed by atoms with van der Waals surface area (Å²) in [5, 5.41) is 26.4. The molecule has 0 fully saturated rings. The Hall–Kier alpha value is -1.81. The van der Waals surface area contributed by atoms with E-state index in [1.807, 2.05) is 13.0 Å². The molecule has 0 spiro atoms. The van der Waals surface area contributed by atoms with Gasteiger partial charge in [0, 0.05) is 0 Å². The lowest BCUT2D eigenvalue weighted by Crippen LogP contribution is -2.06. The van der Waals surface area contributed by atoms with Gasteiger partial charge in [0.25, 0.3) is 0 Å². The Kier molecular flexibility index (Phi) is 7.46. The highest BCUT2D eigenvalue weighted by atomic mass is 16.4. The Morgan fingerprint density at radius 3 is 2.29 bits per heavy atom. The summed E-state index contributed by atoms with van der Waals surface area (Å²) < 4.78 is 0. The summed E-state index contributed by atoms with van der Waals surface area (Å²) in [4.78, 5) is 10.8. The molecule has 0 rings (SSSR count). The van der Waals surface area contributed by atoms with Crippen LogP contribution in [-0.4, -0.2) is 11.1 Å². The van der Waals surface area contributed by atoms with Crippen molar-refractivity contribution in [1.29, 1.82) is 10.5 Å². The van der Waals surface area contributed by atoms with Crippen LogP contribution in [0.2, 0.25) is 0 Å². The number of unbranched alkanes of at least 4 members (excludes halogenated alkanes) is 1. The predicted octanol–water partition coefficient (Wildman–Crippen LogP) is 3.02. The number of hydrogen-bond donors (Lipinski definition) is 1. The molecule has 0 aliphatic heterocycles. The zero-order chi connectivity index (χ0) is 13.3. The number of allylic oxidation sites excluding steroid dienone is 1. The maximum atomic E-state index is 10.8. The fourth-order valence-electron chi connectivity index (χ4n) is 1.68. The van der Waals surface area contributed by atoms with Gasteiger partial charge in [-0.3, -0.25) is 0 Å². The van der Waals surface area contributed by atoms with E-state index >= 15 is 0 Å². The van der Waals surface area contributed by atoms with Crippen LogP contribution in [0, 0.1) is 28.6 Å². The Morgan fingerprint density at radius 1 is 1.29 bits per heavy atom. The Balaban J connectivity index is 4.86. The van der Waals surface area contributed by atoms with Crippen molar-refractivity contribution in [3.05, 3.63) is 11.1 Å². The molecule has 0 aromatic carbocycles. The largest absolute Gasteiger partial charge is 0.477 e. The molecule has 92 valence electrons. The molecule has 0 radical (unpaired) electrons. The van der Waals surface area contributed by atoms with Gasteiger partial charge in [0.05, 0.1) is 11.6 Å². The van der Waals surface area contributed by atoms with Crippen LogP contribution in [0.1, 0.15) is 46.0 Å². The van der Waals surface area contributed by atoms with Crippen molar-refractivity contribution in [3.63, 3.8) is 0 Å². The third-order valence-corrected chi connectivity index (χ3v) is 2.80. The Morgan fingerprint density at radius 2 is 1.94 bits per heavy atom. The second-order valence-corrected chi connectivity index (χ2v) is 4.00. The van der Waals surface area contributed by atoms with Gasteiger partial charge in [-0.1, -0.05) is 39.5 Å². The van der Waals surface area contributed by atoms with Crippen molar-refractivity contribution in [2.45, 2.75) is 46.0 Å². The van der Waals surface area contributed by atoms with Crippen LogP contribution in [0.5, 0.6) is 0 Å². The van der Waals surface area contributed by atoms with E-state index in [0.29, 0.717) is 6.42 Å². The summed E-state index contributed by atoms with van der Waals surface area (Å²) in [7, 11) is 0. The van der Waals surface area contributed by atoms with E-state index in [1.54, 1.807) is 6.07 Å². The molecule has 0 bridgehead atoms. The summed E-state index contributed by atoms with van der Waals surface area (Å²) in [6.45, 7) is 4.11. The highest BCUT2D eigenvalue weighted by Crippen LogP contribution is 2.22. The second kappa shape index (κ2) is 8.35. The van der Waals surface area contributed by atoms with Crippen LogP contribution in [0.15, 0.2) is 11.1 Å². The van der Waals surface area contributed by atoms with E-state index in [9.17, 15) is 4.79 Å². The number of hydrogen-bond acceptors (Lipinski definition) is 3. The summed E-state index contributed by atoms with van der Waals surface area (Å²) in [6.07, 6.45) is 4.39. The summed E-state index contributed by atoms with van der Waals surface area (Å²) >= 11 is 0. The lowest BCUT2D eigenvalue weighted by atomic mass is 9.90. The van der Waals surface area contributed by atoms with Crippen LogP contribution in [0.3, 0.4) is 0 Å². The molecule has 0 amide bonds. The number of nitrogens with zero attached hydrogens (tertiary/aromatic N) is 2. The zero-order valence-electron chi connectivity index (χ0n) is 10.4. The van der Waals surface area contributed by atoms with Gasteiger partial charge in [0.1, 0.15) is 6.07 Å². The highest BCUT2D eigenvalue weighted by Gasteiger charge is 2.17. The van der Waals surface area contributed by atoms with E-state index in [2.05, 4.69) is 6.92 Å². The van der Waals surface area contributed by atoms with Crippen LogP contribution < -0.4 is 0 Å². The normalized spacial score (nSPS) is 13.2. The fraction of sp³-hybridized carbons (Fsp3) is 0.615. The second-order valence-electron chi connectivity index (χ2n) is 4.00. The predicted molar refractivity (Wildman–Crippen MR) is 63.8 cm³/mol. The van der Waals surface area contributed by atoms with Gasteiger partial charge in [-0.25, -0.2) is 4.79 Å². The van der Waals surface area contributed by atoms with E-state index in [4.69, 9.17) is 15.6 Å². The van der Waals surface area contributed by atoms with Gasteiger partial charge >= 0.3 is 5.97 Å². The Bertz CT molecular complexity index is 372. The van der Waals surface area contributed by atoms with Crippen LogP contribution in [0.25, 0.3) is 0 Å². The van der Waals surface area contributed by atoms with Crippen molar-refractivity contribution in [1.82, 2.24) is 0 Å². The molecule has 0 aromatic rings. The van der Waals surface area contributed by atoms with Gasteiger partial charge in [-0.2, -0.15) is 10.5 Å². The summed E-state index contributed by atoms with van der Waals surface area (Å²) in [6, 6.07) is 3.45. The van der Waals surface area contributed by atoms with E-state index in [0.717, 1.165) is 25.7 Å². The first kappa shape index (κ1) is 15.2. The SMILES string of the molecule is CCCCC(CC)CC(C#N)=C(C#N)C(=O)O. The number of rotatable bonds is 7. The average molecular weight is 234 g/mol. The third-order valence-electron chi connectivity index (χ3n) is 2.80. The third kappa shape index (κ3) is 5.17. The van der Waals surface area contributed by atoms with Gasteiger partial charge in [-0.05, 0) is 12.3 Å². The molecule has 0 saturated heterocycles. The van der Waals surface area contributed by atoms with E-state index in [-0.39, 0.29) is 11.5 Å². The molecular weight excluding hydrogens is 216 g/mol. The summed E-state index contributed by atoms with van der Waals surface area (Å²) in [5.41, 5.74) is -0.314. The number of carbonyl (C=O) groups is 1. The molecule has 0 heterocycles. The van der Waals surface area contributed by atoms with Crippen molar-refractivity contribution in [2.24, 2.45) is 5.92 Å². The maximum Gasteiger partial charge on any atom is 0.347 e. The monoisotopic (exact) mass is 234 g/mol. The lowest BCUT2D eigenvalue weighted by Gasteiger charge is -2.13. The number of carboxylic acid groups (broad SMARTS) is 1. The fourth-order valence-corrected chi connectivity index (χ4v) is 1.68. The quantitative estimate of drug-likeness (QED) is 0.542. The molecule has 1 atom stereocenters. The van der Waals surface area contributed by atoms with Crippen molar-refractivity contribution in [2.75, 3.05) is 0 Å². The number of aliphatic carboxylic acids is 1. The molecule has 1 N–H and O–H groups in total. The molecule has 4 nitrogen and oxygen atoms in total. The minimum atomic E-state index is -1.31. The lowest BCUT2D eigenvalue weighted by molar-refractivity contribution is -0.132. The van der Waals surface area contributed by atoms with Crippen molar-refractivity contribution in [3.8, 4) is 12.1 Å². The molecule has 0 aromatic heterocycles. The van der Waals surface area contributed by atoms with Crippen molar-refractivity contribution < 1.29 is 9.90 Å². The molecule has 4 heteroatoms. The minimum Gasteiger partial charge on any atom is -0.477 e. The molecule has 0 saturated carbocycles. The molecular formula is C13H18N2O2. The van der Waals surface area contributed by atoms with Gasteiger partial charge in [0.15, 0.2) is 5.57 Å². The number of nitriles is 2. The van der Waals surface area contributed by atoms with Crippen LogP contribution >= 0.6 is 0 Å². The average Bonchev–Trinajstić information content (AvgIpc) is 2.32. The standard InChI is InChI=1S/C13H18N2O2/c1-3-5-6-10(4-2)7-11(8-14)12(9-15)13(16)17/h10H,3-7H2,1-2H3,(H,16,17). The first-order valence-electron chi connectivity index (χ1n) is 5.87. The molecule has 0 aliphatic rings. The topological polar surface area (TPSA) is 84.9 Å². The first-order valence-corrected chi connectivity index (χ1v) is 5.87.